The van der Waals surface area contributed by atoms with Crippen LogP contribution in [0, 0.1) is 0 Å². The quantitative estimate of drug-likeness (QED) is 0.544. The van der Waals surface area contributed by atoms with E-state index in [9.17, 15) is 18.0 Å². The molecule has 3 aromatic rings. The number of alkyl halides is 3. The van der Waals surface area contributed by atoms with Crippen molar-refractivity contribution in [2.45, 2.75) is 12.8 Å². The predicted octanol–water partition coefficient (Wildman–Crippen LogP) is 5.25. The van der Waals surface area contributed by atoms with Gasteiger partial charge in [0, 0.05) is 37.4 Å². The van der Waals surface area contributed by atoms with Gasteiger partial charge < -0.3 is 14.5 Å². The first-order chi connectivity index (χ1) is 15.4. The van der Waals surface area contributed by atoms with Crippen LogP contribution in [-0.2, 0) is 12.8 Å². The molecule has 7 heteroatoms. The summed E-state index contributed by atoms with van der Waals surface area (Å²) in [4.78, 5) is 16.5. The molecule has 0 N–H and O–H groups in total. The van der Waals surface area contributed by atoms with Gasteiger partial charge in [-0.05, 0) is 48.0 Å². The molecule has 4 rings (SSSR count). The van der Waals surface area contributed by atoms with Crippen molar-refractivity contribution in [1.29, 1.82) is 0 Å². The maximum absolute atomic E-state index is 13.0. The van der Waals surface area contributed by atoms with Gasteiger partial charge in [-0.3, -0.25) is 4.79 Å². The molecule has 0 aromatic heterocycles. The fourth-order valence-electron chi connectivity index (χ4n) is 3.66. The maximum Gasteiger partial charge on any atom is 0.416 e. The fourth-order valence-corrected chi connectivity index (χ4v) is 3.66. The number of anilines is 1. The Labute approximate surface area is 184 Å². The zero-order valence-corrected chi connectivity index (χ0v) is 17.4. The summed E-state index contributed by atoms with van der Waals surface area (Å²) in [6.07, 6.45) is -4.37. The molecule has 0 atom stereocenters. The number of hydrogen-bond donors (Lipinski definition) is 0. The summed E-state index contributed by atoms with van der Waals surface area (Å²) in [6.45, 7) is 2.28. The predicted molar refractivity (Wildman–Crippen MR) is 117 cm³/mol. The summed E-state index contributed by atoms with van der Waals surface area (Å²) < 4.78 is 44.6. The summed E-state index contributed by atoms with van der Waals surface area (Å²) >= 11 is 0. The van der Waals surface area contributed by atoms with E-state index in [2.05, 4.69) is 0 Å². The molecule has 1 amide bonds. The summed E-state index contributed by atoms with van der Waals surface area (Å²) in [7, 11) is 0. The minimum atomic E-state index is -4.37. The average Bonchev–Trinajstić information content (AvgIpc) is 2.83. The molecule has 4 nitrogen and oxygen atoms in total. The van der Waals surface area contributed by atoms with Gasteiger partial charge in [-0.2, -0.15) is 13.2 Å². The van der Waals surface area contributed by atoms with Gasteiger partial charge in [0.05, 0.1) is 5.56 Å². The lowest BCUT2D eigenvalue weighted by atomic mass is 10.1. The van der Waals surface area contributed by atoms with E-state index in [1.54, 1.807) is 23.1 Å². The average molecular weight is 440 g/mol. The first kappa shape index (κ1) is 21.7. The lowest BCUT2D eigenvalue weighted by molar-refractivity contribution is -0.137. The first-order valence-electron chi connectivity index (χ1n) is 10.4. The van der Waals surface area contributed by atoms with Crippen LogP contribution in [0.25, 0.3) is 0 Å². The van der Waals surface area contributed by atoms with E-state index in [0.29, 0.717) is 44.0 Å². The molecule has 166 valence electrons. The molecule has 1 aliphatic heterocycles. The normalized spacial score (nSPS) is 14.3. The molecule has 0 unspecified atom stereocenters. The monoisotopic (exact) mass is 440 g/mol. The summed E-state index contributed by atoms with van der Waals surface area (Å²) in [5, 5.41) is 0. The van der Waals surface area contributed by atoms with E-state index >= 15 is 0 Å². The van der Waals surface area contributed by atoms with Crippen LogP contribution >= 0.6 is 0 Å². The highest BCUT2D eigenvalue weighted by atomic mass is 19.4. The Morgan fingerprint density at radius 2 is 1.53 bits per heavy atom. The van der Waals surface area contributed by atoms with Crippen LogP contribution in [0.1, 0.15) is 21.5 Å². The third kappa shape index (κ3) is 5.22. The zero-order chi connectivity index (χ0) is 22.6. The molecule has 1 aliphatic rings. The number of carbonyl (C=O) groups is 1. The molecular formula is C25H23F3N2O2. The van der Waals surface area contributed by atoms with Gasteiger partial charge in [-0.15, -0.1) is 0 Å². The van der Waals surface area contributed by atoms with Gasteiger partial charge in [0.15, 0.2) is 0 Å². The third-order valence-corrected chi connectivity index (χ3v) is 5.46. The SMILES string of the molecule is O=C(c1ccc(COc2ccccc2)cc1)N1CCN(c2cccc(C(F)(F)F)c2)CC1. The zero-order valence-electron chi connectivity index (χ0n) is 17.4. The second kappa shape index (κ2) is 9.34. The molecule has 0 spiro atoms. The van der Waals surface area contributed by atoms with Crippen molar-refractivity contribution in [3.05, 3.63) is 95.6 Å². The smallest absolute Gasteiger partial charge is 0.416 e. The number of nitrogens with zero attached hydrogens (tertiary/aromatic N) is 2. The minimum absolute atomic E-state index is 0.0794. The molecule has 1 heterocycles. The van der Waals surface area contributed by atoms with Gasteiger partial charge in [-0.25, -0.2) is 0 Å². The topological polar surface area (TPSA) is 32.8 Å². The van der Waals surface area contributed by atoms with Crippen molar-refractivity contribution >= 4 is 11.6 Å². The number of para-hydroxylation sites is 1. The molecule has 0 saturated carbocycles. The Kier molecular flexibility index (Phi) is 6.35. The van der Waals surface area contributed by atoms with Gasteiger partial charge in [0.1, 0.15) is 12.4 Å². The van der Waals surface area contributed by atoms with Crippen molar-refractivity contribution in [3.63, 3.8) is 0 Å². The van der Waals surface area contributed by atoms with Crippen LogP contribution in [-0.4, -0.2) is 37.0 Å². The van der Waals surface area contributed by atoms with Crippen LogP contribution in [0.2, 0.25) is 0 Å². The largest absolute Gasteiger partial charge is 0.489 e. The highest BCUT2D eigenvalue weighted by Gasteiger charge is 2.31. The van der Waals surface area contributed by atoms with E-state index in [0.717, 1.165) is 23.4 Å². The van der Waals surface area contributed by atoms with Crippen molar-refractivity contribution < 1.29 is 22.7 Å². The third-order valence-electron chi connectivity index (χ3n) is 5.46. The number of carbonyl (C=O) groups excluding carboxylic acids is 1. The maximum atomic E-state index is 13.0. The molecule has 0 aliphatic carbocycles. The van der Waals surface area contributed by atoms with Crippen molar-refractivity contribution in [2.24, 2.45) is 0 Å². The van der Waals surface area contributed by atoms with Gasteiger partial charge in [-0.1, -0.05) is 36.4 Å². The lowest BCUT2D eigenvalue weighted by Crippen LogP contribution is -2.48. The Morgan fingerprint density at radius 1 is 0.844 bits per heavy atom. The van der Waals surface area contributed by atoms with E-state index in [1.807, 2.05) is 47.4 Å². The molecule has 1 fully saturated rings. The number of hydrogen-bond acceptors (Lipinski definition) is 3. The standard InChI is InChI=1S/C25H23F3N2O2/c26-25(27,28)21-5-4-6-22(17-21)29-13-15-30(16-14-29)24(31)20-11-9-19(10-12-20)18-32-23-7-2-1-3-8-23/h1-12,17H,13-16,18H2. The lowest BCUT2D eigenvalue weighted by Gasteiger charge is -2.36. The second-order valence-electron chi connectivity index (χ2n) is 7.63. The number of amides is 1. The summed E-state index contributed by atoms with van der Waals surface area (Å²) in [5.41, 5.74) is 1.40. The Balaban J connectivity index is 1.32. The van der Waals surface area contributed by atoms with Crippen LogP contribution < -0.4 is 9.64 Å². The molecular weight excluding hydrogens is 417 g/mol. The molecule has 0 radical (unpaired) electrons. The van der Waals surface area contributed by atoms with E-state index in [-0.39, 0.29) is 5.91 Å². The van der Waals surface area contributed by atoms with Crippen LogP contribution in [0.15, 0.2) is 78.9 Å². The Hall–Kier alpha value is -3.48. The van der Waals surface area contributed by atoms with E-state index in [1.165, 1.54) is 6.07 Å². The van der Waals surface area contributed by atoms with Crippen molar-refractivity contribution in [2.75, 3.05) is 31.1 Å². The molecule has 0 bridgehead atoms. The van der Waals surface area contributed by atoms with E-state index in [4.69, 9.17) is 4.74 Å². The number of rotatable bonds is 5. The Morgan fingerprint density at radius 3 is 2.19 bits per heavy atom. The second-order valence-corrected chi connectivity index (χ2v) is 7.63. The number of benzene rings is 3. The molecule has 32 heavy (non-hydrogen) atoms. The van der Waals surface area contributed by atoms with Gasteiger partial charge >= 0.3 is 6.18 Å². The minimum Gasteiger partial charge on any atom is -0.489 e. The number of ether oxygens (including phenoxy) is 1. The van der Waals surface area contributed by atoms with Gasteiger partial charge in [0.25, 0.3) is 5.91 Å². The van der Waals surface area contributed by atoms with Crippen LogP contribution in [0.4, 0.5) is 18.9 Å². The molecule has 3 aromatic carbocycles. The van der Waals surface area contributed by atoms with Crippen molar-refractivity contribution in [3.8, 4) is 5.75 Å². The van der Waals surface area contributed by atoms with E-state index < -0.39 is 11.7 Å². The highest BCUT2D eigenvalue weighted by Crippen LogP contribution is 2.32. The first-order valence-corrected chi connectivity index (χ1v) is 10.4. The molecule has 1 saturated heterocycles. The summed E-state index contributed by atoms with van der Waals surface area (Å²) in [6, 6.07) is 22.1. The van der Waals surface area contributed by atoms with Crippen LogP contribution in [0.3, 0.4) is 0 Å². The Bertz CT molecular complexity index is 1040. The van der Waals surface area contributed by atoms with Crippen molar-refractivity contribution in [1.82, 2.24) is 4.90 Å². The number of halogens is 3. The number of piperazine rings is 1. The van der Waals surface area contributed by atoms with Gasteiger partial charge in [0.2, 0.25) is 0 Å². The van der Waals surface area contributed by atoms with Crippen LogP contribution in [0.5, 0.6) is 5.75 Å². The highest BCUT2D eigenvalue weighted by molar-refractivity contribution is 5.94. The fraction of sp³-hybridized carbons (Fsp3) is 0.240. The summed E-state index contributed by atoms with van der Waals surface area (Å²) in [5.74, 6) is 0.704.